The summed E-state index contributed by atoms with van der Waals surface area (Å²) < 4.78 is 0. The highest BCUT2D eigenvalue weighted by molar-refractivity contribution is 6.32. The zero-order valence-electron chi connectivity index (χ0n) is 9.42. The van der Waals surface area contributed by atoms with Gasteiger partial charge in [0.05, 0.1) is 0 Å². The minimum absolute atomic E-state index is 0.153. The molecule has 0 radical (unpaired) electrons. The average Bonchev–Trinajstić information content (AvgIpc) is 2.33. The van der Waals surface area contributed by atoms with Crippen LogP contribution in [0.4, 0.5) is 0 Å². The topological polar surface area (TPSA) is 17.1 Å². The van der Waals surface area contributed by atoms with Crippen LogP contribution in [0.25, 0.3) is 0 Å². The molecule has 1 nitrogen and oxygen atoms in total. The Hall–Kier alpha value is -1.08. The lowest BCUT2D eigenvalue weighted by molar-refractivity contribution is 0.102. The van der Waals surface area contributed by atoms with Gasteiger partial charge < -0.3 is 0 Å². The van der Waals surface area contributed by atoms with Gasteiger partial charge in [0, 0.05) is 10.6 Å². The predicted molar refractivity (Wildman–Crippen MR) is 67.1 cm³/mol. The van der Waals surface area contributed by atoms with Crippen molar-refractivity contribution in [3.63, 3.8) is 0 Å². The van der Waals surface area contributed by atoms with E-state index in [9.17, 15) is 4.79 Å². The van der Waals surface area contributed by atoms with Gasteiger partial charge >= 0.3 is 0 Å². The monoisotopic (exact) mass is 234 g/mol. The van der Waals surface area contributed by atoms with Crippen LogP contribution in [0.5, 0.6) is 0 Å². The number of hydrogen-bond donors (Lipinski definition) is 0. The molecule has 1 aromatic rings. The molecule has 0 spiro atoms. The Bertz CT molecular complexity index is 446. The third-order valence-electron chi connectivity index (χ3n) is 3.09. The van der Waals surface area contributed by atoms with E-state index >= 15 is 0 Å². The Morgan fingerprint density at radius 3 is 2.81 bits per heavy atom. The molecule has 0 fully saturated rings. The number of hydrogen-bond acceptors (Lipinski definition) is 1. The van der Waals surface area contributed by atoms with E-state index in [1.807, 2.05) is 25.1 Å². The zero-order valence-corrected chi connectivity index (χ0v) is 10.2. The Labute approximate surface area is 101 Å². The van der Waals surface area contributed by atoms with E-state index in [0.29, 0.717) is 5.02 Å². The van der Waals surface area contributed by atoms with Crippen molar-refractivity contribution in [3.05, 3.63) is 46.0 Å². The molecule has 0 heterocycles. The van der Waals surface area contributed by atoms with Gasteiger partial charge in [0.1, 0.15) is 0 Å². The van der Waals surface area contributed by atoms with Crippen molar-refractivity contribution in [2.45, 2.75) is 32.6 Å². The van der Waals surface area contributed by atoms with Crippen LogP contribution in [0.2, 0.25) is 5.02 Å². The van der Waals surface area contributed by atoms with Crippen LogP contribution in [0.1, 0.15) is 41.6 Å². The molecule has 0 atom stereocenters. The first-order valence-electron chi connectivity index (χ1n) is 5.69. The smallest absolute Gasteiger partial charge is 0.189 e. The minimum Gasteiger partial charge on any atom is -0.289 e. The standard InChI is InChI=1S/C14H15ClO/c1-10-12(8-5-9-13(10)15)14(16)11-6-3-2-4-7-11/h5-6,8-9H,2-4,7H2,1H3. The molecular formula is C14H15ClO. The summed E-state index contributed by atoms with van der Waals surface area (Å²) in [5, 5.41) is 0.669. The lowest BCUT2D eigenvalue weighted by Crippen LogP contribution is -2.08. The molecule has 0 saturated heterocycles. The van der Waals surface area contributed by atoms with Crippen molar-refractivity contribution in [2.75, 3.05) is 0 Å². The third kappa shape index (κ3) is 2.19. The summed E-state index contributed by atoms with van der Waals surface area (Å²) in [5.41, 5.74) is 2.60. The molecule has 0 bridgehead atoms. The molecular weight excluding hydrogens is 220 g/mol. The molecule has 0 N–H and O–H groups in total. The van der Waals surface area contributed by atoms with E-state index in [4.69, 9.17) is 11.6 Å². The normalized spacial score (nSPS) is 15.8. The average molecular weight is 235 g/mol. The number of carbonyl (C=O) groups is 1. The lowest BCUT2D eigenvalue weighted by atomic mass is 9.91. The zero-order chi connectivity index (χ0) is 11.5. The molecule has 0 aliphatic heterocycles. The fraction of sp³-hybridized carbons (Fsp3) is 0.357. The second kappa shape index (κ2) is 4.84. The summed E-state index contributed by atoms with van der Waals surface area (Å²) in [6.45, 7) is 1.90. The van der Waals surface area contributed by atoms with Crippen LogP contribution < -0.4 is 0 Å². The highest BCUT2D eigenvalue weighted by Crippen LogP contribution is 2.25. The highest BCUT2D eigenvalue weighted by atomic mass is 35.5. The van der Waals surface area contributed by atoms with E-state index < -0.39 is 0 Å². The molecule has 1 aliphatic rings. The third-order valence-corrected chi connectivity index (χ3v) is 3.50. The maximum Gasteiger partial charge on any atom is 0.189 e. The fourth-order valence-corrected chi connectivity index (χ4v) is 2.25. The largest absolute Gasteiger partial charge is 0.289 e. The van der Waals surface area contributed by atoms with Gasteiger partial charge in [-0.2, -0.15) is 0 Å². The maximum atomic E-state index is 12.2. The summed E-state index contributed by atoms with van der Waals surface area (Å²) in [7, 11) is 0. The first-order valence-corrected chi connectivity index (χ1v) is 6.07. The Morgan fingerprint density at radius 1 is 1.31 bits per heavy atom. The Balaban J connectivity index is 2.33. The Kier molecular flexibility index (Phi) is 3.45. The first-order chi connectivity index (χ1) is 7.70. The van der Waals surface area contributed by atoms with E-state index in [0.717, 1.165) is 36.0 Å². The quantitative estimate of drug-likeness (QED) is 0.696. The van der Waals surface area contributed by atoms with Crippen LogP contribution in [0.15, 0.2) is 29.8 Å². The molecule has 16 heavy (non-hydrogen) atoms. The molecule has 84 valence electrons. The second-order valence-corrected chi connectivity index (χ2v) is 4.62. The molecule has 2 heteroatoms. The van der Waals surface area contributed by atoms with Gasteiger partial charge in [-0.05, 0) is 49.8 Å². The van der Waals surface area contributed by atoms with Crippen LogP contribution in [0, 0.1) is 6.92 Å². The van der Waals surface area contributed by atoms with Crippen molar-refractivity contribution in [1.29, 1.82) is 0 Å². The summed E-state index contributed by atoms with van der Waals surface area (Å²) in [6.07, 6.45) is 6.33. The molecule has 0 aromatic heterocycles. The van der Waals surface area contributed by atoms with Crippen molar-refractivity contribution in [1.82, 2.24) is 0 Å². The maximum absolute atomic E-state index is 12.2. The van der Waals surface area contributed by atoms with Crippen molar-refractivity contribution < 1.29 is 4.79 Å². The molecule has 0 saturated carbocycles. The highest BCUT2D eigenvalue weighted by Gasteiger charge is 2.16. The number of Topliss-reactive ketones (excluding diaryl/α,β-unsaturated/α-hetero) is 1. The summed E-state index contributed by atoms with van der Waals surface area (Å²) >= 11 is 6.03. The van der Waals surface area contributed by atoms with E-state index in [1.54, 1.807) is 0 Å². The summed E-state index contributed by atoms with van der Waals surface area (Å²) in [6, 6.07) is 5.52. The number of carbonyl (C=O) groups excluding carboxylic acids is 1. The number of halogens is 1. The van der Waals surface area contributed by atoms with Gasteiger partial charge in [-0.1, -0.05) is 29.8 Å². The molecule has 0 amide bonds. The van der Waals surface area contributed by atoms with E-state index in [1.165, 1.54) is 6.42 Å². The summed E-state index contributed by atoms with van der Waals surface area (Å²) in [5.74, 6) is 0.153. The molecule has 1 aromatic carbocycles. The van der Waals surface area contributed by atoms with Crippen LogP contribution in [-0.2, 0) is 0 Å². The Morgan fingerprint density at radius 2 is 2.12 bits per heavy atom. The van der Waals surface area contributed by atoms with Crippen molar-refractivity contribution in [3.8, 4) is 0 Å². The number of allylic oxidation sites excluding steroid dienone is 2. The first kappa shape index (κ1) is 11.4. The number of benzene rings is 1. The van der Waals surface area contributed by atoms with Gasteiger partial charge in [-0.25, -0.2) is 0 Å². The molecule has 1 aliphatic carbocycles. The minimum atomic E-state index is 0.153. The number of rotatable bonds is 2. The van der Waals surface area contributed by atoms with Crippen molar-refractivity contribution >= 4 is 17.4 Å². The predicted octanol–water partition coefficient (Wildman–Crippen LogP) is 4.33. The van der Waals surface area contributed by atoms with Gasteiger partial charge in [0.25, 0.3) is 0 Å². The van der Waals surface area contributed by atoms with Crippen LogP contribution in [0.3, 0.4) is 0 Å². The summed E-state index contributed by atoms with van der Waals surface area (Å²) in [4.78, 5) is 12.2. The number of ketones is 1. The van der Waals surface area contributed by atoms with Gasteiger partial charge in [-0.3, -0.25) is 4.79 Å². The fourth-order valence-electron chi connectivity index (χ4n) is 2.07. The second-order valence-electron chi connectivity index (χ2n) is 4.22. The van der Waals surface area contributed by atoms with Gasteiger partial charge in [0.15, 0.2) is 5.78 Å². The van der Waals surface area contributed by atoms with E-state index in [-0.39, 0.29) is 5.78 Å². The van der Waals surface area contributed by atoms with Crippen molar-refractivity contribution in [2.24, 2.45) is 0 Å². The van der Waals surface area contributed by atoms with E-state index in [2.05, 4.69) is 6.08 Å². The van der Waals surface area contributed by atoms with Gasteiger partial charge in [0.2, 0.25) is 0 Å². The van der Waals surface area contributed by atoms with Crippen LogP contribution in [-0.4, -0.2) is 5.78 Å². The van der Waals surface area contributed by atoms with Crippen LogP contribution >= 0.6 is 11.6 Å². The molecule has 2 rings (SSSR count). The van der Waals surface area contributed by atoms with Gasteiger partial charge in [-0.15, -0.1) is 0 Å². The lowest BCUT2D eigenvalue weighted by Gasteiger charge is -2.13. The molecule has 0 unspecified atom stereocenters. The SMILES string of the molecule is Cc1c(Cl)cccc1C(=O)C1=CCCCC1.